The number of carbonyl (C=O) groups excluding carboxylic acids is 1. The summed E-state index contributed by atoms with van der Waals surface area (Å²) in [4.78, 5) is 19.7. The van der Waals surface area contributed by atoms with Crippen molar-refractivity contribution < 1.29 is 9.53 Å². The zero-order valence-electron chi connectivity index (χ0n) is 13.5. The molecule has 24 heavy (non-hydrogen) atoms. The molecule has 7 nitrogen and oxygen atoms in total. The maximum atomic E-state index is 12.9. The van der Waals surface area contributed by atoms with Crippen LogP contribution in [-0.4, -0.2) is 50.5 Å². The van der Waals surface area contributed by atoms with Gasteiger partial charge in [-0.1, -0.05) is 0 Å². The number of hydrogen-bond donors (Lipinski definition) is 1. The number of nitrogens with zero attached hydrogens (tertiary/aromatic N) is 4. The summed E-state index contributed by atoms with van der Waals surface area (Å²) in [5.74, 6) is 0.798. The molecule has 1 aliphatic rings. The zero-order chi connectivity index (χ0) is 16.5. The minimum Gasteiger partial charge on any atom is -0.497 e. The molecule has 1 N–H and O–H groups in total. The molecule has 0 spiro atoms. The normalized spacial score (nSPS) is 17.5. The van der Waals surface area contributed by atoms with Crippen molar-refractivity contribution in [3.8, 4) is 5.75 Å². The highest BCUT2D eigenvalue weighted by Gasteiger charge is 2.30. The highest BCUT2D eigenvalue weighted by Crippen LogP contribution is 2.25. The molecule has 0 aliphatic carbocycles. The molecule has 4 rings (SSSR count). The molecule has 1 amide bonds. The Morgan fingerprint density at radius 3 is 2.96 bits per heavy atom. The van der Waals surface area contributed by atoms with Crippen LogP contribution >= 0.6 is 0 Å². The van der Waals surface area contributed by atoms with Crippen LogP contribution in [-0.2, 0) is 6.54 Å². The molecule has 1 saturated heterocycles. The second kappa shape index (κ2) is 5.99. The van der Waals surface area contributed by atoms with Crippen molar-refractivity contribution in [2.75, 3.05) is 13.7 Å². The molecule has 124 valence electrons. The molecule has 0 bridgehead atoms. The van der Waals surface area contributed by atoms with Crippen molar-refractivity contribution in [1.29, 1.82) is 0 Å². The van der Waals surface area contributed by atoms with Crippen molar-refractivity contribution >= 4 is 16.8 Å². The van der Waals surface area contributed by atoms with Crippen LogP contribution in [0, 0.1) is 0 Å². The highest BCUT2D eigenvalue weighted by atomic mass is 16.5. The first-order valence-electron chi connectivity index (χ1n) is 8.06. The largest absolute Gasteiger partial charge is 0.497 e. The molecule has 0 saturated carbocycles. The van der Waals surface area contributed by atoms with Crippen LogP contribution in [0.2, 0.25) is 0 Å². The third kappa shape index (κ3) is 2.62. The number of ether oxygens (including phenoxy) is 1. The summed E-state index contributed by atoms with van der Waals surface area (Å²) >= 11 is 0. The number of carbonyl (C=O) groups is 1. The third-order valence-corrected chi connectivity index (χ3v) is 4.54. The van der Waals surface area contributed by atoms with Crippen molar-refractivity contribution in [2.24, 2.45) is 0 Å². The number of aromatic amines is 1. The van der Waals surface area contributed by atoms with Gasteiger partial charge in [0.15, 0.2) is 0 Å². The van der Waals surface area contributed by atoms with Gasteiger partial charge in [0.1, 0.15) is 11.4 Å². The van der Waals surface area contributed by atoms with Crippen molar-refractivity contribution in [2.45, 2.75) is 25.4 Å². The Morgan fingerprint density at radius 1 is 1.33 bits per heavy atom. The number of nitrogens with one attached hydrogen (secondary N) is 1. The Morgan fingerprint density at radius 2 is 2.17 bits per heavy atom. The average molecular weight is 325 g/mol. The summed E-state index contributed by atoms with van der Waals surface area (Å²) in [6, 6.07) is 7.79. The molecule has 1 atom stereocenters. The van der Waals surface area contributed by atoms with E-state index in [9.17, 15) is 4.79 Å². The molecule has 1 aromatic carbocycles. The zero-order valence-corrected chi connectivity index (χ0v) is 13.5. The molecule has 7 heteroatoms. The van der Waals surface area contributed by atoms with E-state index in [0.29, 0.717) is 12.2 Å². The number of hydrogen-bond acceptors (Lipinski definition) is 4. The van der Waals surface area contributed by atoms with E-state index in [0.717, 1.165) is 36.0 Å². The van der Waals surface area contributed by atoms with E-state index in [2.05, 4.69) is 15.2 Å². The lowest BCUT2D eigenvalue weighted by molar-refractivity contribution is 0.0713. The van der Waals surface area contributed by atoms with Gasteiger partial charge in [0, 0.05) is 23.5 Å². The smallest absolute Gasteiger partial charge is 0.270 e. The maximum Gasteiger partial charge on any atom is 0.270 e. The molecule has 1 aliphatic heterocycles. The number of fused-ring (bicyclic) bond motifs is 1. The SMILES string of the molecule is COc1ccc2cc(C(=O)N3CCCC3Cn3nccn3)[nH]c2c1. The van der Waals surface area contributed by atoms with Gasteiger partial charge in [0.05, 0.1) is 32.1 Å². The van der Waals surface area contributed by atoms with Crippen molar-refractivity contribution in [3.63, 3.8) is 0 Å². The summed E-state index contributed by atoms with van der Waals surface area (Å²) in [5.41, 5.74) is 1.51. The summed E-state index contributed by atoms with van der Waals surface area (Å²) < 4.78 is 5.24. The lowest BCUT2D eigenvalue weighted by atomic mass is 10.2. The van der Waals surface area contributed by atoms with E-state index in [1.165, 1.54) is 0 Å². The predicted molar refractivity (Wildman–Crippen MR) is 88.9 cm³/mol. The van der Waals surface area contributed by atoms with E-state index >= 15 is 0 Å². The Kier molecular flexibility index (Phi) is 3.68. The molecule has 2 aromatic heterocycles. The van der Waals surface area contributed by atoms with Gasteiger partial charge < -0.3 is 14.6 Å². The molecule has 1 fully saturated rings. The van der Waals surface area contributed by atoms with Gasteiger partial charge >= 0.3 is 0 Å². The number of benzene rings is 1. The van der Waals surface area contributed by atoms with E-state index < -0.39 is 0 Å². The van der Waals surface area contributed by atoms with Crippen LogP contribution in [0.25, 0.3) is 10.9 Å². The number of H-pyrrole nitrogens is 1. The van der Waals surface area contributed by atoms with Crippen LogP contribution in [0.5, 0.6) is 5.75 Å². The fourth-order valence-electron chi connectivity index (χ4n) is 3.32. The van der Waals surface area contributed by atoms with Crippen LogP contribution in [0.4, 0.5) is 0 Å². The standard InChI is InChI=1S/C17H19N5O2/c1-24-14-5-4-12-9-16(20-15(12)10-14)17(23)21-8-2-3-13(21)11-22-18-6-7-19-22/h4-7,9-10,13,20H,2-3,8,11H2,1H3. The molecule has 1 unspecified atom stereocenters. The van der Waals surface area contributed by atoms with Crippen molar-refractivity contribution in [1.82, 2.24) is 24.9 Å². The van der Waals surface area contributed by atoms with Crippen LogP contribution < -0.4 is 4.74 Å². The fourth-order valence-corrected chi connectivity index (χ4v) is 3.32. The van der Waals surface area contributed by atoms with Gasteiger partial charge in [0.25, 0.3) is 5.91 Å². The summed E-state index contributed by atoms with van der Waals surface area (Å²) in [5, 5.41) is 9.30. The van der Waals surface area contributed by atoms with Crippen molar-refractivity contribution in [3.05, 3.63) is 42.4 Å². The van der Waals surface area contributed by atoms with Crippen LogP contribution in [0.1, 0.15) is 23.3 Å². The lowest BCUT2D eigenvalue weighted by Crippen LogP contribution is -2.38. The summed E-state index contributed by atoms with van der Waals surface area (Å²) in [7, 11) is 1.63. The highest BCUT2D eigenvalue weighted by molar-refractivity contribution is 5.98. The Balaban J connectivity index is 1.57. The second-order valence-corrected chi connectivity index (χ2v) is 6.01. The van der Waals surface area contributed by atoms with E-state index in [1.54, 1.807) is 24.3 Å². The van der Waals surface area contributed by atoms with Gasteiger partial charge in [-0.2, -0.15) is 15.0 Å². The minimum atomic E-state index is 0.0276. The monoisotopic (exact) mass is 325 g/mol. The van der Waals surface area contributed by atoms with E-state index in [4.69, 9.17) is 4.74 Å². The summed E-state index contributed by atoms with van der Waals surface area (Å²) in [6.07, 6.45) is 5.30. The second-order valence-electron chi connectivity index (χ2n) is 6.01. The molecular weight excluding hydrogens is 306 g/mol. The van der Waals surface area contributed by atoms with Crippen LogP contribution in [0.15, 0.2) is 36.7 Å². The Labute approximate surface area is 139 Å². The topological polar surface area (TPSA) is 76.0 Å². The van der Waals surface area contributed by atoms with Gasteiger partial charge in [0.2, 0.25) is 0 Å². The molecular formula is C17H19N5O2. The molecule has 3 aromatic rings. The van der Waals surface area contributed by atoms with Gasteiger partial charge in [-0.3, -0.25) is 4.79 Å². The number of likely N-dealkylation sites (tertiary alicyclic amines) is 1. The number of amides is 1. The fraction of sp³-hybridized carbons (Fsp3) is 0.353. The number of rotatable bonds is 4. The van der Waals surface area contributed by atoms with Gasteiger partial charge in [-0.05, 0) is 31.0 Å². The maximum absolute atomic E-state index is 12.9. The Bertz CT molecular complexity index is 855. The van der Waals surface area contributed by atoms with E-state index in [-0.39, 0.29) is 11.9 Å². The average Bonchev–Trinajstić information content (AvgIpc) is 3.34. The lowest BCUT2D eigenvalue weighted by Gasteiger charge is -2.23. The molecule has 3 heterocycles. The predicted octanol–water partition coefficient (Wildman–Crippen LogP) is 2.07. The minimum absolute atomic E-state index is 0.0276. The van der Waals surface area contributed by atoms with E-state index in [1.807, 2.05) is 29.2 Å². The first-order chi connectivity index (χ1) is 11.7. The first-order valence-corrected chi connectivity index (χ1v) is 8.06. The quantitative estimate of drug-likeness (QED) is 0.797. The van der Waals surface area contributed by atoms with Crippen LogP contribution in [0.3, 0.4) is 0 Å². The Hall–Kier alpha value is -2.83. The van der Waals surface area contributed by atoms with Gasteiger partial charge in [-0.15, -0.1) is 0 Å². The summed E-state index contributed by atoms with van der Waals surface area (Å²) in [6.45, 7) is 1.40. The first kappa shape index (κ1) is 14.7. The molecule has 0 radical (unpaired) electrons. The number of aromatic nitrogens is 4. The third-order valence-electron chi connectivity index (χ3n) is 4.54. The van der Waals surface area contributed by atoms with Gasteiger partial charge in [-0.25, -0.2) is 0 Å². The number of methoxy groups -OCH3 is 1.